The molecule has 0 bridgehead atoms. The number of thiazole rings is 2. The Morgan fingerprint density at radius 3 is 1.58 bits per heavy atom. The van der Waals surface area contributed by atoms with Gasteiger partial charge in [-0.05, 0) is 36.4 Å². The van der Waals surface area contributed by atoms with Crippen LogP contribution in [0.15, 0.2) is 48.8 Å². The molecule has 0 N–H and O–H groups in total. The lowest BCUT2D eigenvalue weighted by molar-refractivity contribution is 0.936. The van der Waals surface area contributed by atoms with Gasteiger partial charge in [-0.2, -0.15) is 0 Å². The molecule has 24 heavy (non-hydrogen) atoms. The van der Waals surface area contributed by atoms with Crippen LogP contribution in [0, 0.1) is 0 Å². The lowest BCUT2D eigenvalue weighted by Gasteiger charge is -1.96. The topological polar surface area (TPSA) is 35.6 Å². The third-order valence-electron chi connectivity index (χ3n) is 4.22. The van der Waals surface area contributed by atoms with Crippen LogP contribution in [0.2, 0.25) is 0 Å². The Labute approximate surface area is 146 Å². The molecule has 0 aliphatic heterocycles. The summed E-state index contributed by atoms with van der Waals surface area (Å²) in [5.41, 5.74) is 4.39. The van der Waals surface area contributed by atoms with E-state index in [1.54, 1.807) is 22.7 Å². The van der Waals surface area contributed by atoms with Crippen LogP contribution in [-0.4, -0.2) is 19.1 Å². The number of aromatic nitrogens is 4. The van der Waals surface area contributed by atoms with Crippen molar-refractivity contribution >= 4 is 43.1 Å². The lowest BCUT2D eigenvalue weighted by Crippen LogP contribution is -1.87. The molecule has 0 spiro atoms. The first-order valence-corrected chi connectivity index (χ1v) is 9.27. The van der Waals surface area contributed by atoms with E-state index in [1.807, 2.05) is 38.6 Å². The highest BCUT2D eigenvalue weighted by Gasteiger charge is 2.13. The van der Waals surface area contributed by atoms with Crippen LogP contribution in [0.1, 0.15) is 0 Å². The first-order chi connectivity index (χ1) is 11.7. The van der Waals surface area contributed by atoms with Crippen LogP contribution in [0.5, 0.6) is 0 Å². The minimum atomic E-state index is 1.05. The fourth-order valence-electron chi connectivity index (χ4n) is 2.94. The average Bonchev–Trinajstić information content (AvgIpc) is 3.29. The van der Waals surface area contributed by atoms with Gasteiger partial charge in [0.2, 0.25) is 0 Å². The van der Waals surface area contributed by atoms with E-state index in [9.17, 15) is 0 Å². The molecule has 4 aromatic heterocycles. The van der Waals surface area contributed by atoms with Crippen LogP contribution >= 0.6 is 22.7 Å². The molecule has 5 rings (SSSR count). The van der Waals surface area contributed by atoms with E-state index < -0.39 is 0 Å². The van der Waals surface area contributed by atoms with Gasteiger partial charge in [0.1, 0.15) is 10.0 Å². The standard InChI is InChI=1S/C18H14N4S2/c1-21-7-3-5-13(21)17-19-11-9-16-12(10-15(11)23-17)20-18(24-16)14-6-4-8-22(14)2/h3-10H,1-2H3. The van der Waals surface area contributed by atoms with Gasteiger partial charge in [0.05, 0.1) is 31.8 Å². The third kappa shape index (κ3) is 2.03. The summed E-state index contributed by atoms with van der Waals surface area (Å²) in [4.78, 5) is 9.65. The Balaban J connectivity index is 1.68. The van der Waals surface area contributed by atoms with E-state index in [1.165, 1.54) is 9.40 Å². The second kappa shape index (κ2) is 5.03. The molecule has 0 fully saturated rings. The molecule has 0 atom stereocenters. The molecular weight excluding hydrogens is 336 g/mol. The van der Waals surface area contributed by atoms with E-state index >= 15 is 0 Å². The van der Waals surface area contributed by atoms with Crippen molar-refractivity contribution in [2.75, 3.05) is 0 Å². The normalized spacial score (nSPS) is 11.8. The first-order valence-electron chi connectivity index (χ1n) is 7.63. The second-order valence-corrected chi connectivity index (χ2v) is 7.90. The van der Waals surface area contributed by atoms with Crippen LogP contribution in [0.4, 0.5) is 0 Å². The largest absolute Gasteiger partial charge is 0.349 e. The lowest BCUT2D eigenvalue weighted by atomic mass is 10.3. The number of aryl methyl sites for hydroxylation is 2. The van der Waals surface area contributed by atoms with E-state index in [0.29, 0.717) is 0 Å². The molecule has 0 unspecified atom stereocenters. The summed E-state index contributed by atoms with van der Waals surface area (Å²) in [7, 11) is 4.10. The van der Waals surface area contributed by atoms with Crippen molar-refractivity contribution in [2.24, 2.45) is 14.1 Å². The molecule has 0 aliphatic rings. The van der Waals surface area contributed by atoms with Gasteiger partial charge in [0.15, 0.2) is 0 Å². The summed E-state index contributed by atoms with van der Waals surface area (Å²) in [5, 5.41) is 2.11. The fourth-order valence-corrected chi connectivity index (χ4v) is 5.03. The summed E-state index contributed by atoms with van der Waals surface area (Å²) in [6.45, 7) is 0. The predicted octanol–water partition coefficient (Wildman–Crippen LogP) is 4.92. The van der Waals surface area contributed by atoms with Crippen molar-refractivity contribution in [1.82, 2.24) is 19.1 Å². The number of fused-ring (bicyclic) bond motifs is 2. The van der Waals surface area contributed by atoms with Crippen molar-refractivity contribution in [3.05, 3.63) is 48.8 Å². The first kappa shape index (κ1) is 13.9. The molecule has 0 radical (unpaired) electrons. The molecule has 5 aromatic rings. The van der Waals surface area contributed by atoms with E-state index in [2.05, 4.69) is 33.4 Å². The molecule has 6 heteroatoms. The molecule has 118 valence electrons. The zero-order valence-corrected chi connectivity index (χ0v) is 14.9. The number of benzene rings is 1. The molecule has 1 aromatic carbocycles. The second-order valence-electron chi connectivity index (χ2n) is 5.83. The van der Waals surface area contributed by atoms with Gasteiger partial charge in [0.25, 0.3) is 0 Å². The number of hydrogen-bond donors (Lipinski definition) is 0. The Hall–Kier alpha value is -2.44. The quantitative estimate of drug-likeness (QED) is 0.453. The predicted molar refractivity (Wildman–Crippen MR) is 102 cm³/mol. The van der Waals surface area contributed by atoms with Gasteiger partial charge < -0.3 is 9.13 Å². The highest BCUT2D eigenvalue weighted by molar-refractivity contribution is 7.23. The minimum absolute atomic E-state index is 1.05. The molecular formula is C18H14N4S2. The van der Waals surface area contributed by atoms with E-state index in [-0.39, 0.29) is 0 Å². The van der Waals surface area contributed by atoms with Gasteiger partial charge in [-0.15, -0.1) is 22.7 Å². The molecule has 4 heterocycles. The number of nitrogens with zero attached hydrogens (tertiary/aromatic N) is 4. The summed E-state index contributed by atoms with van der Waals surface area (Å²) in [5.74, 6) is 0. The molecule has 0 saturated carbocycles. The summed E-state index contributed by atoms with van der Waals surface area (Å²) in [6.07, 6.45) is 4.10. The zero-order chi connectivity index (χ0) is 16.3. The number of hydrogen-bond acceptors (Lipinski definition) is 4. The SMILES string of the molecule is Cn1cccc1-c1nc2cc3sc(-c4cccn4C)nc3cc2s1. The van der Waals surface area contributed by atoms with Gasteiger partial charge in [0, 0.05) is 26.5 Å². The smallest absolute Gasteiger partial charge is 0.141 e. The van der Waals surface area contributed by atoms with Crippen molar-refractivity contribution in [3.8, 4) is 21.4 Å². The Kier molecular flexibility index (Phi) is 2.92. The van der Waals surface area contributed by atoms with Gasteiger partial charge in [-0.3, -0.25) is 0 Å². The maximum absolute atomic E-state index is 4.83. The Morgan fingerprint density at radius 1 is 0.750 bits per heavy atom. The maximum Gasteiger partial charge on any atom is 0.141 e. The van der Waals surface area contributed by atoms with E-state index in [0.717, 1.165) is 32.4 Å². The Morgan fingerprint density at radius 2 is 1.21 bits per heavy atom. The Bertz CT molecular complexity index is 1050. The van der Waals surface area contributed by atoms with Gasteiger partial charge >= 0.3 is 0 Å². The van der Waals surface area contributed by atoms with E-state index in [4.69, 9.17) is 9.97 Å². The van der Waals surface area contributed by atoms with Crippen molar-refractivity contribution < 1.29 is 0 Å². The molecule has 0 saturated heterocycles. The minimum Gasteiger partial charge on any atom is -0.349 e. The average molecular weight is 350 g/mol. The monoisotopic (exact) mass is 350 g/mol. The highest BCUT2D eigenvalue weighted by Crippen LogP contribution is 2.36. The molecule has 0 aliphatic carbocycles. The van der Waals surface area contributed by atoms with Crippen LogP contribution in [0.3, 0.4) is 0 Å². The summed E-state index contributed by atoms with van der Waals surface area (Å²) in [6, 6.07) is 12.6. The molecule has 0 amide bonds. The maximum atomic E-state index is 4.83. The van der Waals surface area contributed by atoms with Crippen molar-refractivity contribution in [2.45, 2.75) is 0 Å². The molecule has 4 nitrogen and oxygen atoms in total. The van der Waals surface area contributed by atoms with Gasteiger partial charge in [-0.25, -0.2) is 9.97 Å². The fraction of sp³-hybridized carbons (Fsp3) is 0.111. The van der Waals surface area contributed by atoms with Crippen LogP contribution < -0.4 is 0 Å². The summed E-state index contributed by atoms with van der Waals surface area (Å²) >= 11 is 3.44. The number of rotatable bonds is 2. The van der Waals surface area contributed by atoms with Crippen LogP contribution in [-0.2, 0) is 14.1 Å². The third-order valence-corrected chi connectivity index (χ3v) is 6.30. The van der Waals surface area contributed by atoms with Crippen LogP contribution in [0.25, 0.3) is 41.8 Å². The summed E-state index contributed by atoms with van der Waals surface area (Å²) < 4.78 is 6.57. The van der Waals surface area contributed by atoms with Crippen molar-refractivity contribution in [3.63, 3.8) is 0 Å². The van der Waals surface area contributed by atoms with Gasteiger partial charge in [-0.1, -0.05) is 0 Å². The zero-order valence-electron chi connectivity index (χ0n) is 13.2. The van der Waals surface area contributed by atoms with Crippen molar-refractivity contribution in [1.29, 1.82) is 0 Å². The highest BCUT2D eigenvalue weighted by atomic mass is 32.1.